The second-order valence-electron chi connectivity index (χ2n) is 3.86. The molecule has 1 amide bonds. The third kappa shape index (κ3) is 2.83. The lowest BCUT2D eigenvalue weighted by atomic mass is 10.4. The number of imidazole rings is 1. The Morgan fingerprint density at radius 2 is 2.26 bits per heavy atom. The van der Waals surface area contributed by atoms with Crippen molar-refractivity contribution >= 4 is 11.6 Å². The van der Waals surface area contributed by atoms with Crippen molar-refractivity contribution in [2.24, 2.45) is 0 Å². The average Bonchev–Trinajstić information content (AvgIpc) is 2.85. The molecule has 0 aliphatic heterocycles. The molecule has 19 heavy (non-hydrogen) atoms. The minimum absolute atomic E-state index is 0.0215. The van der Waals surface area contributed by atoms with E-state index in [2.05, 4.69) is 10.3 Å². The molecule has 0 fully saturated rings. The van der Waals surface area contributed by atoms with Crippen molar-refractivity contribution in [1.82, 2.24) is 14.7 Å². The fraction of sp³-hybridized carbons (Fsp3) is 0.333. The van der Waals surface area contributed by atoms with E-state index in [4.69, 9.17) is 9.47 Å². The van der Waals surface area contributed by atoms with E-state index in [1.165, 1.54) is 20.3 Å². The first-order chi connectivity index (χ1) is 9.15. The van der Waals surface area contributed by atoms with E-state index in [1.54, 1.807) is 22.9 Å². The quantitative estimate of drug-likeness (QED) is 0.764. The summed E-state index contributed by atoms with van der Waals surface area (Å²) in [6, 6.07) is 3.17. The van der Waals surface area contributed by atoms with Crippen molar-refractivity contribution in [2.75, 3.05) is 20.8 Å². The van der Waals surface area contributed by atoms with E-state index in [9.17, 15) is 9.90 Å². The first-order valence-electron chi connectivity index (χ1n) is 5.66. The predicted molar refractivity (Wildman–Crippen MR) is 67.0 cm³/mol. The third-order valence-electron chi connectivity index (χ3n) is 2.65. The van der Waals surface area contributed by atoms with Gasteiger partial charge in [0.2, 0.25) is 0 Å². The Morgan fingerprint density at radius 3 is 2.89 bits per heavy atom. The molecule has 0 saturated carbocycles. The van der Waals surface area contributed by atoms with E-state index in [1.807, 2.05) is 0 Å². The van der Waals surface area contributed by atoms with Crippen molar-refractivity contribution in [3.63, 3.8) is 0 Å². The van der Waals surface area contributed by atoms with Gasteiger partial charge in [-0.2, -0.15) is 0 Å². The lowest BCUT2D eigenvalue weighted by Crippen LogP contribution is -2.34. The van der Waals surface area contributed by atoms with Gasteiger partial charge in [-0.1, -0.05) is 0 Å². The number of carbonyl (C=O) groups excluding carboxylic acids is 1. The third-order valence-corrected chi connectivity index (χ3v) is 2.65. The highest BCUT2D eigenvalue weighted by Gasteiger charge is 2.14. The maximum atomic E-state index is 11.9. The summed E-state index contributed by atoms with van der Waals surface area (Å²) >= 11 is 0. The number of ether oxygens (including phenoxy) is 2. The highest BCUT2D eigenvalue weighted by molar-refractivity contribution is 5.93. The Labute approximate surface area is 109 Å². The summed E-state index contributed by atoms with van der Waals surface area (Å²) in [5.41, 5.74) is 0.551. The first kappa shape index (κ1) is 13.3. The van der Waals surface area contributed by atoms with Crippen LogP contribution in [-0.4, -0.2) is 47.5 Å². The highest BCUT2D eigenvalue weighted by Crippen LogP contribution is 2.16. The smallest absolute Gasteiger partial charge is 0.271 e. The molecule has 0 aromatic carbocycles. The molecule has 0 unspecified atom stereocenters. The van der Waals surface area contributed by atoms with Crippen LogP contribution in [0.4, 0.5) is 0 Å². The Bertz CT molecular complexity index is 577. The Kier molecular flexibility index (Phi) is 3.98. The molecule has 0 aliphatic carbocycles. The van der Waals surface area contributed by atoms with Gasteiger partial charge in [-0.15, -0.1) is 0 Å². The zero-order valence-corrected chi connectivity index (χ0v) is 10.7. The number of carbonyl (C=O) groups is 1. The first-order valence-corrected chi connectivity index (χ1v) is 5.66. The monoisotopic (exact) mass is 265 g/mol. The minimum Gasteiger partial charge on any atom is -0.504 e. The van der Waals surface area contributed by atoms with Crippen LogP contribution in [0, 0.1) is 0 Å². The number of methoxy groups -OCH3 is 2. The van der Waals surface area contributed by atoms with Crippen molar-refractivity contribution < 1.29 is 19.4 Å². The summed E-state index contributed by atoms with van der Waals surface area (Å²) in [7, 11) is 2.98. The molecule has 0 bridgehead atoms. The van der Waals surface area contributed by atoms with Gasteiger partial charge in [0.05, 0.1) is 6.54 Å². The number of aromatic hydroxyl groups is 1. The average molecular weight is 265 g/mol. The molecule has 2 aromatic rings. The summed E-state index contributed by atoms with van der Waals surface area (Å²) < 4.78 is 11.5. The molecule has 2 N–H and O–H groups in total. The maximum Gasteiger partial charge on any atom is 0.271 e. The van der Waals surface area contributed by atoms with Crippen molar-refractivity contribution in [3.8, 4) is 5.75 Å². The van der Waals surface area contributed by atoms with Gasteiger partial charge in [-0.25, -0.2) is 4.98 Å². The van der Waals surface area contributed by atoms with E-state index in [0.29, 0.717) is 5.65 Å². The summed E-state index contributed by atoms with van der Waals surface area (Å²) in [5, 5.41) is 12.2. The molecule has 0 aliphatic rings. The number of aromatic nitrogens is 2. The molecule has 102 valence electrons. The number of amides is 1. The summed E-state index contributed by atoms with van der Waals surface area (Å²) in [5.74, 6) is -0.338. The fourth-order valence-corrected chi connectivity index (χ4v) is 1.64. The molecule has 0 saturated heterocycles. The lowest BCUT2D eigenvalue weighted by molar-refractivity contribution is -0.0974. The molecular formula is C12H15N3O4. The number of nitrogens with one attached hydrogen (secondary N) is 1. The molecule has 7 nitrogen and oxygen atoms in total. The summed E-state index contributed by atoms with van der Waals surface area (Å²) in [6.07, 6.45) is 2.74. The van der Waals surface area contributed by atoms with Crippen molar-refractivity contribution in [2.45, 2.75) is 6.29 Å². The van der Waals surface area contributed by atoms with Crippen LogP contribution < -0.4 is 5.32 Å². The molecular weight excluding hydrogens is 250 g/mol. The van der Waals surface area contributed by atoms with Gasteiger partial charge in [0.1, 0.15) is 5.69 Å². The van der Waals surface area contributed by atoms with Crippen molar-refractivity contribution in [1.29, 1.82) is 0 Å². The Balaban J connectivity index is 2.11. The van der Waals surface area contributed by atoms with Gasteiger partial charge in [-0.05, 0) is 12.1 Å². The molecule has 0 atom stereocenters. The SMILES string of the molecule is COC(CNC(=O)c1cn2cccc(O)c2n1)OC. The molecule has 2 heterocycles. The maximum absolute atomic E-state index is 11.9. The topological polar surface area (TPSA) is 85.1 Å². The lowest BCUT2D eigenvalue weighted by Gasteiger charge is -2.13. The normalized spacial score (nSPS) is 11.1. The molecule has 0 radical (unpaired) electrons. The van der Waals surface area contributed by atoms with Crippen LogP contribution in [0.25, 0.3) is 5.65 Å². The summed E-state index contributed by atoms with van der Waals surface area (Å²) in [4.78, 5) is 15.9. The van der Waals surface area contributed by atoms with E-state index < -0.39 is 6.29 Å². The van der Waals surface area contributed by atoms with Crippen LogP contribution >= 0.6 is 0 Å². The van der Waals surface area contributed by atoms with Crippen LogP contribution in [0.5, 0.6) is 5.75 Å². The van der Waals surface area contributed by atoms with Gasteiger partial charge in [-0.3, -0.25) is 4.79 Å². The highest BCUT2D eigenvalue weighted by atomic mass is 16.7. The van der Waals surface area contributed by atoms with Crippen LogP contribution in [-0.2, 0) is 9.47 Å². The van der Waals surface area contributed by atoms with E-state index >= 15 is 0 Å². The second-order valence-corrected chi connectivity index (χ2v) is 3.86. The molecule has 0 spiro atoms. The van der Waals surface area contributed by atoms with Gasteiger partial charge in [0.15, 0.2) is 17.7 Å². The number of pyridine rings is 1. The second kappa shape index (κ2) is 5.68. The predicted octanol–water partition coefficient (Wildman–Crippen LogP) is 0.389. The number of rotatable bonds is 5. The summed E-state index contributed by atoms with van der Waals surface area (Å²) in [6.45, 7) is 0.214. The van der Waals surface area contributed by atoms with Crippen molar-refractivity contribution in [3.05, 3.63) is 30.2 Å². The number of hydrogen-bond donors (Lipinski definition) is 2. The van der Waals surface area contributed by atoms with Crippen LogP contribution in [0.2, 0.25) is 0 Å². The van der Waals surface area contributed by atoms with Gasteiger partial charge in [0.25, 0.3) is 5.91 Å². The van der Waals surface area contributed by atoms with E-state index in [0.717, 1.165) is 0 Å². The Hall–Kier alpha value is -2.12. The fourth-order valence-electron chi connectivity index (χ4n) is 1.64. The van der Waals surface area contributed by atoms with Crippen LogP contribution in [0.1, 0.15) is 10.5 Å². The number of fused-ring (bicyclic) bond motifs is 1. The Morgan fingerprint density at radius 1 is 1.53 bits per heavy atom. The number of nitrogens with zero attached hydrogens (tertiary/aromatic N) is 2. The zero-order valence-electron chi connectivity index (χ0n) is 10.7. The zero-order chi connectivity index (χ0) is 13.8. The van der Waals surface area contributed by atoms with Gasteiger partial charge >= 0.3 is 0 Å². The van der Waals surface area contributed by atoms with Gasteiger partial charge < -0.3 is 24.3 Å². The molecule has 2 rings (SSSR count). The van der Waals surface area contributed by atoms with Gasteiger partial charge in [0, 0.05) is 26.6 Å². The molecule has 2 aromatic heterocycles. The minimum atomic E-state index is -0.505. The van der Waals surface area contributed by atoms with E-state index in [-0.39, 0.29) is 23.9 Å². The van der Waals surface area contributed by atoms with Crippen LogP contribution in [0.3, 0.4) is 0 Å². The van der Waals surface area contributed by atoms with Crippen LogP contribution in [0.15, 0.2) is 24.5 Å². The standard InChI is InChI=1S/C12H15N3O4/c1-18-10(19-2)6-13-12(17)8-7-15-5-3-4-9(16)11(15)14-8/h3-5,7,10,16H,6H2,1-2H3,(H,13,17). The largest absolute Gasteiger partial charge is 0.504 e. The number of hydrogen-bond acceptors (Lipinski definition) is 5. The molecule has 7 heteroatoms.